The van der Waals surface area contributed by atoms with E-state index in [0.717, 1.165) is 15.1 Å². The van der Waals surface area contributed by atoms with Crippen LogP contribution in [-0.2, 0) is 5.41 Å². The summed E-state index contributed by atoms with van der Waals surface area (Å²) >= 11 is 8.17. The van der Waals surface area contributed by atoms with Crippen molar-refractivity contribution in [3.8, 4) is 5.69 Å². The SMILES string of the molecule is CC(C)(C)c1nnnn1-c1ccc(Cl)cc1I. The Balaban J connectivity index is 2.58. The summed E-state index contributed by atoms with van der Waals surface area (Å²) in [4.78, 5) is 0. The summed E-state index contributed by atoms with van der Waals surface area (Å²) in [6, 6.07) is 5.66. The number of nitrogens with zero attached hydrogens (tertiary/aromatic N) is 4. The number of hydrogen-bond donors (Lipinski definition) is 0. The van der Waals surface area contributed by atoms with E-state index in [1.54, 1.807) is 4.68 Å². The Labute approximate surface area is 118 Å². The topological polar surface area (TPSA) is 43.6 Å². The number of tetrazole rings is 1. The average molecular weight is 363 g/mol. The van der Waals surface area contributed by atoms with Crippen molar-refractivity contribution < 1.29 is 0 Å². The van der Waals surface area contributed by atoms with E-state index < -0.39 is 0 Å². The highest BCUT2D eigenvalue weighted by Crippen LogP contribution is 2.25. The molecular formula is C11H12ClIN4. The van der Waals surface area contributed by atoms with Crippen molar-refractivity contribution in [2.45, 2.75) is 26.2 Å². The Bertz CT molecular complexity index is 545. The Morgan fingerprint density at radius 1 is 1.29 bits per heavy atom. The molecule has 6 heteroatoms. The van der Waals surface area contributed by atoms with Crippen LogP contribution < -0.4 is 0 Å². The molecule has 0 saturated heterocycles. The molecule has 1 heterocycles. The zero-order valence-corrected chi connectivity index (χ0v) is 12.7. The quantitative estimate of drug-likeness (QED) is 0.732. The normalized spacial score (nSPS) is 11.8. The van der Waals surface area contributed by atoms with Gasteiger partial charge in [-0.25, -0.2) is 0 Å². The van der Waals surface area contributed by atoms with Crippen LogP contribution in [0.3, 0.4) is 0 Å². The second-order valence-corrected chi connectivity index (χ2v) is 6.36. The van der Waals surface area contributed by atoms with Gasteiger partial charge in [0.15, 0.2) is 5.82 Å². The second kappa shape index (κ2) is 4.53. The number of aromatic nitrogens is 4. The summed E-state index contributed by atoms with van der Waals surface area (Å²) in [7, 11) is 0. The summed E-state index contributed by atoms with van der Waals surface area (Å²) < 4.78 is 2.78. The van der Waals surface area contributed by atoms with Crippen LogP contribution in [-0.4, -0.2) is 20.2 Å². The monoisotopic (exact) mass is 362 g/mol. The van der Waals surface area contributed by atoms with Crippen LogP contribution in [0.25, 0.3) is 5.69 Å². The fourth-order valence-electron chi connectivity index (χ4n) is 1.47. The van der Waals surface area contributed by atoms with Crippen molar-refractivity contribution in [3.63, 3.8) is 0 Å². The Hall–Kier alpha value is -0.690. The van der Waals surface area contributed by atoms with Crippen molar-refractivity contribution in [1.82, 2.24) is 20.2 Å². The lowest BCUT2D eigenvalue weighted by atomic mass is 9.96. The van der Waals surface area contributed by atoms with E-state index in [1.807, 2.05) is 18.2 Å². The Morgan fingerprint density at radius 2 is 2.00 bits per heavy atom. The largest absolute Gasteiger partial charge is 0.196 e. The van der Waals surface area contributed by atoms with E-state index in [-0.39, 0.29) is 5.41 Å². The zero-order valence-electron chi connectivity index (χ0n) is 9.78. The molecule has 0 spiro atoms. The van der Waals surface area contributed by atoms with Crippen LogP contribution in [0.5, 0.6) is 0 Å². The lowest BCUT2D eigenvalue weighted by molar-refractivity contribution is 0.525. The van der Waals surface area contributed by atoms with Crippen molar-refractivity contribution in [1.29, 1.82) is 0 Å². The molecule has 0 bridgehead atoms. The van der Waals surface area contributed by atoms with E-state index in [4.69, 9.17) is 11.6 Å². The maximum Gasteiger partial charge on any atom is 0.162 e. The van der Waals surface area contributed by atoms with Crippen LogP contribution >= 0.6 is 34.2 Å². The van der Waals surface area contributed by atoms with Crippen molar-refractivity contribution in [3.05, 3.63) is 32.6 Å². The molecule has 90 valence electrons. The molecule has 0 radical (unpaired) electrons. The third-order valence-electron chi connectivity index (χ3n) is 2.28. The lowest BCUT2D eigenvalue weighted by Crippen LogP contribution is -2.19. The van der Waals surface area contributed by atoms with Gasteiger partial charge in [-0.3, -0.25) is 0 Å². The van der Waals surface area contributed by atoms with Gasteiger partial charge in [0.1, 0.15) is 0 Å². The van der Waals surface area contributed by atoms with E-state index in [2.05, 4.69) is 58.9 Å². The summed E-state index contributed by atoms with van der Waals surface area (Å²) in [5.41, 5.74) is 0.844. The van der Waals surface area contributed by atoms with Crippen LogP contribution in [0.2, 0.25) is 5.02 Å². The van der Waals surface area contributed by atoms with Gasteiger partial charge in [0.05, 0.1) is 5.69 Å². The molecule has 2 rings (SSSR count). The van der Waals surface area contributed by atoms with E-state index in [9.17, 15) is 0 Å². The molecule has 0 saturated carbocycles. The lowest BCUT2D eigenvalue weighted by Gasteiger charge is -2.17. The van der Waals surface area contributed by atoms with E-state index in [0.29, 0.717) is 5.02 Å². The Kier molecular flexibility index (Phi) is 3.40. The minimum absolute atomic E-state index is 0.105. The van der Waals surface area contributed by atoms with Gasteiger partial charge in [-0.15, -0.1) is 5.10 Å². The standard InChI is InChI=1S/C11H12ClIN4/c1-11(2,3)10-14-15-16-17(10)9-5-4-7(12)6-8(9)13/h4-6H,1-3H3. The number of rotatable bonds is 1. The number of hydrogen-bond acceptors (Lipinski definition) is 3. The highest BCUT2D eigenvalue weighted by atomic mass is 127. The average Bonchev–Trinajstić information content (AvgIpc) is 2.65. The van der Waals surface area contributed by atoms with Gasteiger partial charge >= 0.3 is 0 Å². The Morgan fingerprint density at radius 3 is 2.59 bits per heavy atom. The first kappa shape index (κ1) is 12.8. The van der Waals surface area contributed by atoms with Crippen LogP contribution in [0, 0.1) is 3.57 Å². The first-order valence-corrected chi connectivity index (χ1v) is 6.59. The van der Waals surface area contributed by atoms with Crippen LogP contribution in [0.4, 0.5) is 0 Å². The highest BCUT2D eigenvalue weighted by Gasteiger charge is 2.23. The van der Waals surface area contributed by atoms with Crippen molar-refractivity contribution >= 4 is 34.2 Å². The smallest absolute Gasteiger partial charge is 0.162 e. The van der Waals surface area contributed by atoms with Gasteiger partial charge in [-0.1, -0.05) is 32.4 Å². The molecule has 17 heavy (non-hydrogen) atoms. The third kappa shape index (κ3) is 2.60. The summed E-state index contributed by atoms with van der Waals surface area (Å²) in [5, 5.41) is 12.6. The molecule has 0 unspecified atom stereocenters. The summed E-state index contributed by atoms with van der Waals surface area (Å²) in [5.74, 6) is 0.831. The molecule has 1 aromatic heterocycles. The molecule has 0 amide bonds. The van der Waals surface area contributed by atoms with Crippen molar-refractivity contribution in [2.24, 2.45) is 0 Å². The zero-order chi connectivity index (χ0) is 12.6. The summed E-state index contributed by atoms with van der Waals surface area (Å²) in [6.07, 6.45) is 0. The fraction of sp³-hybridized carbons (Fsp3) is 0.364. The maximum atomic E-state index is 5.94. The predicted molar refractivity (Wildman–Crippen MR) is 75.6 cm³/mol. The van der Waals surface area contributed by atoms with Gasteiger partial charge < -0.3 is 0 Å². The number of benzene rings is 1. The fourth-order valence-corrected chi connectivity index (χ4v) is 2.57. The molecule has 0 aliphatic heterocycles. The molecule has 0 aliphatic rings. The van der Waals surface area contributed by atoms with E-state index >= 15 is 0 Å². The maximum absolute atomic E-state index is 5.94. The first-order chi connectivity index (χ1) is 7.89. The molecule has 4 nitrogen and oxygen atoms in total. The van der Waals surface area contributed by atoms with E-state index in [1.165, 1.54) is 0 Å². The minimum atomic E-state index is -0.105. The molecule has 0 N–H and O–H groups in total. The predicted octanol–water partition coefficient (Wildman–Crippen LogP) is 3.22. The van der Waals surface area contributed by atoms with Crippen molar-refractivity contribution in [2.75, 3.05) is 0 Å². The summed E-state index contributed by atoms with van der Waals surface area (Å²) in [6.45, 7) is 6.24. The number of halogens is 2. The molecule has 2 aromatic rings. The third-order valence-corrected chi connectivity index (χ3v) is 3.38. The molecule has 0 fully saturated rings. The molecule has 0 aliphatic carbocycles. The van der Waals surface area contributed by atoms with Crippen LogP contribution in [0.15, 0.2) is 18.2 Å². The van der Waals surface area contributed by atoms with Gasteiger partial charge in [0.2, 0.25) is 0 Å². The van der Waals surface area contributed by atoms with Gasteiger partial charge in [-0.05, 0) is 51.2 Å². The van der Waals surface area contributed by atoms with Crippen LogP contribution in [0.1, 0.15) is 26.6 Å². The molecular weight excluding hydrogens is 351 g/mol. The van der Waals surface area contributed by atoms with Gasteiger partial charge in [-0.2, -0.15) is 4.68 Å². The van der Waals surface area contributed by atoms with Gasteiger partial charge in [0.25, 0.3) is 0 Å². The molecule has 1 aromatic carbocycles. The molecule has 0 atom stereocenters. The minimum Gasteiger partial charge on any atom is -0.196 e. The highest BCUT2D eigenvalue weighted by molar-refractivity contribution is 14.1. The second-order valence-electron chi connectivity index (χ2n) is 4.76. The first-order valence-electron chi connectivity index (χ1n) is 5.14. The van der Waals surface area contributed by atoms with Gasteiger partial charge in [0, 0.05) is 14.0 Å².